The second-order valence-corrected chi connectivity index (χ2v) is 13.6. The molecule has 0 spiro atoms. The van der Waals surface area contributed by atoms with Gasteiger partial charge in [0.05, 0.1) is 12.2 Å². The number of rotatable bonds is 32. The lowest BCUT2D eigenvalue weighted by Gasteiger charge is -2.12. The van der Waals surface area contributed by atoms with E-state index >= 15 is 0 Å². The zero-order valence-corrected chi connectivity index (χ0v) is 29.9. The van der Waals surface area contributed by atoms with Gasteiger partial charge in [-0.25, -0.2) is 0 Å². The lowest BCUT2D eigenvalue weighted by Crippen LogP contribution is -2.25. The number of allylic oxidation sites excluding steroid dienone is 5. The van der Waals surface area contributed by atoms with E-state index < -0.39 is 6.10 Å². The standard InChI is InChI=1S/C40H70O6/c1-4-5-23-29-37-38(46-37)30-25-20-16-12-9-10-14-18-22-27-32-40(43)45-34-36(41)33-44-39(42)31-26-21-17-13-8-6-7-11-15-19-24-28-35(2)3/h9,12,14,18,20,25,35-38,41H,4-8,10-11,13,15-17,19,21-24,26-34H2,1-3H3/b12-9-,18-14-,25-20-/t36-,37?,38?/m0/s1. The molecule has 266 valence electrons. The van der Waals surface area contributed by atoms with E-state index in [1.165, 1.54) is 83.5 Å². The van der Waals surface area contributed by atoms with Crippen LogP contribution in [0.2, 0.25) is 0 Å². The van der Waals surface area contributed by atoms with Crippen molar-refractivity contribution in [2.45, 2.75) is 187 Å². The summed E-state index contributed by atoms with van der Waals surface area (Å²) >= 11 is 0. The minimum atomic E-state index is -0.987. The van der Waals surface area contributed by atoms with E-state index in [1.54, 1.807) is 0 Å². The summed E-state index contributed by atoms with van der Waals surface area (Å²) in [5.41, 5.74) is 0. The van der Waals surface area contributed by atoms with Gasteiger partial charge >= 0.3 is 11.9 Å². The first-order valence-corrected chi connectivity index (χ1v) is 19.0. The molecular formula is C40H70O6. The number of esters is 2. The van der Waals surface area contributed by atoms with Gasteiger partial charge in [0.15, 0.2) is 0 Å². The zero-order valence-electron chi connectivity index (χ0n) is 29.9. The molecule has 1 aliphatic heterocycles. The van der Waals surface area contributed by atoms with E-state index in [4.69, 9.17) is 14.2 Å². The molecular weight excluding hydrogens is 576 g/mol. The first kappa shape index (κ1) is 42.1. The fourth-order valence-corrected chi connectivity index (χ4v) is 5.47. The Kier molecular flexibility index (Phi) is 27.8. The number of aliphatic hydroxyl groups excluding tert-OH is 1. The van der Waals surface area contributed by atoms with Crippen LogP contribution >= 0.6 is 0 Å². The maximum Gasteiger partial charge on any atom is 0.305 e. The average molecular weight is 647 g/mol. The molecule has 1 heterocycles. The monoisotopic (exact) mass is 647 g/mol. The summed E-state index contributed by atoms with van der Waals surface area (Å²) < 4.78 is 16.0. The molecule has 0 radical (unpaired) electrons. The summed E-state index contributed by atoms with van der Waals surface area (Å²) in [6.07, 6.45) is 38.1. The van der Waals surface area contributed by atoms with Crippen molar-refractivity contribution in [2.75, 3.05) is 13.2 Å². The maximum atomic E-state index is 11.9. The zero-order chi connectivity index (χ0) is 33.5. The molecule has 0 aromatic heterocycles. The number of hydrogen-bond acceptors (Lipinski definition) is 6. The van der Waals surface area contributed by atoms with Gasteiger partial charge in [0, 0.05) is 12.8 Å². The molecule has 1 fully saturated rings. The molecule has 1 N–H and O–H groups in total. The quantitative estimate of drug-likeness (QED) is 0.0339. The molecule has 0 saturated carbocycles. The molecule has 0 aliphatic carbocycles. The van der Waals surface area contributed by atoms with Gasteiger partial charge in [-0.1, -0.05) is 147 Å². The van der Waals surface area contributed by atoms with Crippen molar-refractivity contribution in [3.8, 4) is 0 Å². The Morgan fingerprint density at radius 2 is 1.17 bits per heavy atom. The van der Waals surface area contributed by atoms with E-state index in [9.17, 15) is 14.7 Å². The normalized spacial score (nSPS) is 17.1. The highest BCUT2D eigenvalue weighted by Crippen LogP contribution is 2.30. The van der Waals surface area contributed by atoms with Crippen LogP contribution in [0.15, 0.2) is 36.5 Å². The van der Waals surface area contributed by atoms with Crippen LogP contribution in [-0.2, 0) is 23.8 Å². The Hall–Kier alpha value is -1.92. The van der Waals surface area contributed by atoms with Crippen LogP contribution in [0.5, 0.6) is 0 Å². The van der Waals surface area contributed by atoms with Gasteiger partial charge in [-0.2, -0.15) is 0 Å². The molecule has 0 aromatic rings. The minimum Gasteiger partial charge on any atom is -0.463 e. The van der Waals surface area contributed by atoms with Crippen LogP contribution in [0.3, 0.4) is 0 Å². The Labute approximate surface area is 282 Å². The minimum absolute atomic E-state index is 0.135. The molecule has 3 atom stereocenters. The first-order valence-electron chi connectivity index (χ1n) is 19.0. The molecule has 0 aromatic carbocycles. The van der Waals surface area contributed by atoms with Crippen molar-refractivity contribution in [2.24, 2.45) is 5.92 Å². The van der Waals surface area contributed by atoms with Gasteiger partial charge in [-0.05, 0) is 50.9 Å². The van der Waals surface area contributed by atoms with Gasteiger partial charge in [0.2, 0.25) is 0 Å². The van der Waals surface area contributed by atoms with Crippen LogP contribution in [0.4, 0.5) is 0 Å². The predicted molar refractivity (Wildman–Crippen MR) is 191 cm³/mol. The van der Waals surface area contributed by atoms with Gasteiger partial charge in [0.1, 0.15) is 19.3 Å². The van der Waals surface area contributed by atoms with Gasteiger partial charge in [-0.15, -0.1) is 0 Å². The molecule has 6 heteroatoms. The van der Waals surface area contributed by atoms with Crippen LogP contribution in [0, 0.1) is 5.92 Å². The molecule has 1 saturated heterocycles. The van der Waals surface area contributed by atoms with Crippen molar-refractivity contribution < 1.29 is 28.9 Å². The highest BCUT2D eigenvalue weighted by Gasteiger charge is 2.36. The number of hydrogen-bond donors (Lipinski definition) is 1. The van der Waals surface area contributed by atoms with E-state index in [0.29, 0.717) is 31.5 Å². The van der Waals surface area contributed by atoms with Gasteiger partial charge in [0.25, 0.3) is 0 Å². The third-order valence-corrected chi connectivity index (χ3v) is 8.48. The van der Waals surface area contributed by atoms with Crippen LogP contribution in [0.1, 0.15) is 168 Å². The molecule has 6 nitrogen and oxygen atoms in total. The summed E-state index contributed by atoms with van der Waals surface area (Å²) in [5.74, 6) is 0.198. The number of aliphatic hydroxyl groups is 1. The molecule has 46 heavy (non-hydrogen) atoms. The first-order chi connectivity index (χ1) is 22.4. The second-order valence-electron chi connectivity index (χ2n) is 13.6. The third kappa shape index (κ3) is 28.3. The fraction of sp³-hybridized carbons (Fsp3) is 0.800. The van der Waals surface area contributed by atoms with E-state index in [2.05, 4.69) is 57.2 Å². The van der Waals surface area contributed by atoms with Crippen LogP contribution < -0.4 is 0 Å². The summed E-state index contributed by atoms with van der Waals surface area (Å²) in [4.78, 5) is 23.9. The maximum absolute atomic E-state index is 11.9. The van der Waals surface area contributed by atoms with Crippen LogP contribution in [-0.4, -0.2) is 48.6 Å². The molecule has 0 amide bonds. The highest BCUT2D eigenvalue weighted by atomic mass is 16.6. The lowest BCUT2D eigenvalue weighted by molar-refractivity contribution is -0.152. The number of epoxide rings is 1. The molecule has 1 aliphatic rings. The molecule has 2 unspecified atom stereocenters. The molecule has 1 rings (SSSR count). The van der Waals surface area contributed by atoms with Crippen molar-refractivity contribution in [1.82, 2.24) is 0 Å². The van der Waals surface area contributed by atoms with E-state index in [0.717, 1.165) is 50.9 Å². The van der Waals surface area contributed by atoms with Crippen molar-refractivity contribution in [3.63, 3.8) is 0 Å². The van der Waals surface area contributed by atoms with Crippen molar-refractivity contribution >= 4 is 11.9 Å². The Morgan fingerprint density at radius 1 is 0.652 bits per heavy atom. The number of ether oxygens (including phenoxy) is 3. The topological polar surface area (TPSA) is 85.4 Å². The van der Waals surface area contributed by atoms with Crippen LogP contribution in [0.25, 0.3) is 0 Å². The second kappa shape index (κ2) is 30.4. The summed E-state index contributed by atoms with van der Waals surface area (Å²) in [6, 6.07) is 0. The number of unbranched alkanes of at least 4 members (excludes halogenated alkanes) is 13. The Bertz CT molecular complexity index is 817. The Morgan fingerprint density at radius 3 is 1.76 bits per heavy atom. The van der Waals surface area contributed by atoms with Crippen molar-refractivity contribution in [3.05, 3.63) is 36.5 Å². The summed E-state index contributed by atoms with van der Waals surface area (Å²) in [7, 11) is 0. The Balaban J connectivity index is 1.86. The number of carbonyl (C=O) groups is 2. The van der Waals surface area contributed by atoms with Crippen molar-refractivity contribution in [1.29, 1.82) is 0 Å². The third-order valence-electron chi connectivity index (χ3n) is 8.48. The van der Waals surface area contributed by atoms with Gasteiger partial charge < -0.3 is 19.3 Å². The SMILES string of the molecule is CCCCCC1OC1C/C=C\C/C=C\C/C=C\CCCC(=O)OC[C@@H](O)COC(=O)CCCCCCCCCCCCCC(C)C. The largest absolute Gasteiger partial charge is 0.463 e. The summed E-state index contributed by atoms with van der Waals surface area (Å²) in [6.45, 7) is 6.55. The lowest BCUT2D eigenvalue weighted by atomic mass is 10.0. The summed E-state index contributed by atoms with van der Waals surface area (Å²) in [5, 5.41) is 9.99. The fourth-order valence-electron chi connectivity index (χ4n) is 5.47. The average Bonchev–Trinajstić information content (AvgIpc) is 3.79. The predicted octanol–water partition coefficient (Wildman–Crippen LogP) is 10.5. The highest BCUT2D eigenvalue weighted by molar-refractivity contribution is 5.69. The van der Waals surface area contributed by atoms with Gasteiger partial charge in [-0.3, -0.25) is 9.59 Å². The van der Waals surface area contributed by atoms with E-state index in [1.807, 2.05) is 0 Å². The smallest absolute Gasteiger partial charge is 0.305 e. The molecule has 0 bridgehead atoms. The van der Waals surface area contributed by atoms with E-state index in [-0.39, 0.29) is 25.2 Å². The number of carbonyl (C=O) groups excluding carboxylic acids is 2.